The maximum atomic E-state index is 11.6. The molecule has 0 saturated carbocycles. The maximum Gasteiger partial charge on any atom is 0.296 e. The topological polar surface area (TPSA) is 58.4 Å². The summed E-state index contributed by atoms with van der Waals surface area (Å²) < 4.78 is 5.44. The minimum Gasteiger partial charge on any atom is -0.424 e. The minimum absolute atomic E-state index is 0.00903. The highest BCUT2D eigenvalue weighted by atomic mass is 16.4. The van der Waals surface area contributed by atoms with Gasteiger partial charge in [-0.1, -0.05) is 12.1 Å². The van der Waals surface area contributed by atoms with Crippen molar-refractivity contribution in [3.05, 3.63) is 24.3 Å². The summed E-state index contributed by atoms with van der Waals surface area (Å²) in [6.07, 6.45) is 0. The van der Waals surface area contributed by atoms with Gasteiger partial charge in [-0.3, -0.25) is 4.79 Å². The van der Waals surface area contributed by atoms with E-state index < -0.39 is 0 Å². The zero-order chi connectivity index (χ0) is 12.3. The van der Waals surface area contributed by atoms with E-state index in [-0.39, 0.29) is 12.5 Å². The van der Waals surface area contributed by atoms with Gasteiger partial charge in [-0.2, -0.15) is 4.98 Å². The number of rotatable bonds is 4. The Labute approximate surface area is 99.4 Å². The van der Waals surface area contributed by atoms with Gasteiger partial charge in [-0.15, -0.1) is 0 Å². The minimum atomic E-state index is 0.00903. The number of hydrogen-bond acceptors (Lipinski definition) is 4. The van der Waals surface area contributed by atoms with Gasteiger partial charge in [0.1, 0.15) is 5.52 Å². The van der Waals surface area contributed by atoms with Crippen LogP contribution in [0.15, 0.2) is 28.7 Å². The van der Waals surface area contributed by atoms with Crippen LogP contribution in [0.4, 0.5) is 6.01 Å². The van der Waals surface area contributed by atoms with E-state index in [1.165, 1.54) is 0 Å². The molecule has 0 bridgehead atoms. The van der Waals surface area contributed by atoms with Gasteiger partial charge in [0.15, 0.2) is 5.58 Å². The summed E-state index contributed by atoms with van der Waals surface area (Å²) in [5.74, 6) is 0.00903. The van der Waals surface area contributed by atoms with Gasteiger partial charge in [0.05, 0.1) is 6.54 Å². The van der Waals surface area contributed by atoms with Gasteiger partial charge in [0.2, 0.25) is 5.91 Å². The molecule has 0 saturated heterocycles. The van der Waals surface area contributed by atoms with Gasteiger partial charge < -0.3 is 14.6 Å². The molecule has 0 unspecified atom stereocenters. The van der Waals surface area contributed by atoms with Crippen molar-refractivity contribution in [2.24, 2.45) is 0 Å². The van der Waals surface area contributed by atoms with E-state index in [1.54, 1.807) is 11.9 Å². The van der Waals surface area contributed by atoms with Crippen LogP contribution >= 0.6 is 0 Å². The molecule has 0 radical (unpaired) electrons. The molecule has 17 heavy (non-hydrogen) atoms. The number of nitrogens with one attached hydrogen (secondary N) is 1. The highest BCUT2D eigenvalue weighted by molar-refractivity contribution is 5.80. The van der Waals surface area contributed by atoms with E-state index in [0.29, 0.717) is 18.1 Å². The fourth-order valence-corrected chi connectivity index (χ4v) is 1.41. The van der Waals surface area contributed by atoms with Crippen molar-refractivity contribution < 1.29 is 9.21 Å². The average molecular weight is 233 g/mol. The molecule has 1 aromatic carbocycles. The molecule has 0 spiro atoms. The SMILES string of the molecule is CCN(C)C(=O)CNc1nc2ccccc2o1. The predicted octanol–water partition coefficient (Wildman–Crippen LogP) is 1.72. The van der Waals surface area contributed by atoms with Crippen LogP contribution in [0.1, 0.15) is 6.92 Å². The number of carbonyl (C=O) groups is 1. The van der Waals surface area contributed by atoms with Crippen molar-refractivity contribution in [2.75, 3.05) is 25.5 Å². The van der Waals surface area contributed by atoms with Crippen LogP contribution in [-0.4, -0.2) is 35.9 Å². The lowest BCUT2D eigenvalue weighted by Gasteiger charge is -2.13. The predicted molar refractivity (Wildman–Crippen MR) is 65.8 cm³/mol. The van der Waals surface area contributed by atoms with Crippen molar-refractivity contribution in [1.29, 1.82) is 0 Å². The number of oxazole rings is 1. The number of hydrogen-bond donors (Lipinski definition) is 1. The molecule has 1 aromatic heterocycles. The molecule has 1 amide bonds. The Morgan fingerprint density at radius 2 is 2.24 bits per heavy atom. The molecular weight excluding hydrogens is 218 g/mol. The Morgan fingerprint density at radius 1 is 1.47 bits per heavy atom. The Kier molecular flexibility index (Phi) is 3.27. The second-order valence-corrected chi connectivity index (χ2v) is 3.75. The molecular formula is C12H15N3O2. The van der Waals surface area contributed by atoms with Gasteiger partial charge in [-0.25, -0.2) is 0 Å². The third kappa shape index (κ3) is 2.55. The van der Waals surface area contributed by atoms with Crippen molar-refractivity contribution in [2.45, 2.75) is 6.92 Å². The summed E-state index contributed by atoms with van der Waals surface area (Å²) in [6, 6.07) is 7.86. The molecule has 5 nitrogen and oxygen atoms in total. The summed E-state index contributed by atoms with van der Waals surface area (Å²) in [5.41, 5.74) is 1.50. The first-order valence-corrected chi connectivity index (χ1v) is 5.54. The number of para-hydroxylation sites is 2. The van der Waals surface area contributed by atoms with Crippen molar-refractivity contribution in [1.82, 2.24) is 9.88 Å². The third-order valence-corrected chi connectivity index (χ3v) is 2.58. The molecule has 0 aliphatic heterocycles. The van der Waals surface area contributed by atoms with Crippen LogP contribution in [-0.2, 0) is 4.79 Å². The number of amides is 1. The molecule has 2 rings (SSSR count). The third-order valence-electron chi connectivity index (χ3n) is 2.58. The Morgan fingerprint density at radius 3 is 2.94 bits per heavy atom. The number of likely N-dealkylation sites (N-methyl/N-ethyl adjacent to an activating group) is 1. The van der Waals surface area contributed by atoms with Gasteiger partial charge >= 0.3 is 0 Å². The van der Waals surface area contributed by atoms with E-state index in [4.69, 9.17) is 4.42 Å². The molecule has 0 aliphatic rings. The summed E-state index contributed by atoms with van der Waals surface area (Å²) in [4.78, 5) is 17.4. The standard InChI is InChI=1S/C12H15N3O2/c1-3-15(2)11(16)8-13-12-14-9-6-4-5-7-10(9)17-12/h4-7H,3,8H2,1-2H3,(H,13,14). The van der Waals surface area contributed by atoms with Gasteiger partial charge in [-0.05, 0) is 19.1 Å². The summed E-state index contributed by atoms with van der Waals surface area (Å²) in [7, 11) is 1.76. The Hall–Kier alpha value is -2.04. The smallest absolute Gasteiger partial charge is 0.296 e. The first-order chi connectivity index (χ1) is 8.20. The average Bonchev–Trinajstić information content (AvgIpc) is 2.77. The molecule has 90 valence electrons. The maximum absolute atomic E-state index is 11.6. The summed E-state index contributed by atoms with van der Waals surface area (Å²) >= 11 is 0. The van der Waals surface area contributed by atoms with Crippen LogP contribution in [0.3, 0.4) is 0 Å². The van der Waals surface area contributed by atoms with E-state index >= 15 is 0 Å². The first-order valence-electron chi connectivity index (χ1n) is 5.54. The molecule has 0 aliphatic carbocycles. The highest BCUT2D eigenvalue weighted by Crippen LogP contribution is 2.17. The lowest BCUT2D eigenvalue weighted by molar-refractivity contribution is -0.127. The van der Waals surface area contributed by atoms with Crippen molar-refractivity contribution in [3.63, 3.8) is 0 Å². The lowest BCUT2D eigenvalue weighted by atomic mass is 10.3. The van der Waals surface area contributed by atoms with Crippen LogP contribution in [0.25, 0.3) is 11.1 Å². The summed E-state index contributed by atoms with van der Waals surface area (Å²) in [5, 5.41) is 2.88. The Bertz CT molecular complexity index is 488. The van der Waals surface area contributed by atoms with Crippen LogP contribution in [0.2, 0.25) is 0 Å². The summed E-state index contributed by atoms with van der Waals surface area (Å²) in [6.45, 7) is 2.81. The monoisotopic (exact) mass is 233 g/mol. The van der Waals surface area contributed by atoms with Gasteiger partial charge in [0.25, 0.3) is 6.01 Å². The number of anilines is 1. The zero-order valence-corrected chi connectivity index (χ0v) is 9.93. The second kappa shape index (κ2) is 4.86. The first kappa shape index (κ1) is 11.4. The highest BCUT2D eigenvalue weighted by Gasteiger charge is 2.09. The molecule has 0 fully saturated rings. The van der Waals surface area contributed by atoms with E-state index in [9.17, 15) is 4.79 Å². The number of benzene rings is 1. The number of carbonyl (C=O) groups excluding carboxylic acids is 1. The number of aromatic nitrogens is 1. The Balaban J connectivity index is 2.02. The van der Waals surface area contributed by atoms with E-state index in [2.05, 4.69) is 10.3 Å². The normalized spacial score (nSPS) is 10.5. The second-order valence-electron chi connectivity index (χ2n) is 3.75. The fourth-order valence-electron chi connectivity index (χ4n) is 1.41. The van der Waals surface area contributed by atoms with Crippen LogP contribution in [0, 0.1) is 0 Å². The lowest BCUT2D eigenvalue weighted by Crippen LogP contribution is -2.31. The molecule has 1 N–H and O–H groups in total. The molecule has 2 aromatic rings. The fraction of sp³-hybridized carbons (Fsp3) is 0.333. The van der Waals surface area contributed by atoms with E-state index in [1.807, 2.05) is 31.2 Å². The molecule has 0 atom stereocenters. The zero-order valence-electron chi connectivity index (χ0n) is 9.93. The molecule has 1 heterocycles. The van der Waals surface area contributed by atoms with Crippen LogP contribution < -0.4 is 5.32 Å². The largest absolute Gasteiger partial charge is 0.424 e. The van der Waals surface area contributed by atoms with E-state index in [0.717, 1.165) is 5.52 Å². The van der Waals surface area contributed by atoms with Crippen molar-refractivity contribution >= 4 is 23.0 Å². The molecule has 5 heteroatoms. The number of nitrogens with zero attached hydrogens (tertiary/aromatic N) is 2. The quantitative estimate of drug-likeness (QED) is 0.873. The van der Waals surface area contributed by atoms with Crippen LogP contribution in [0.5, 0.6) is 0 Å². The van der Waals surface area contributed by atoms with Gasteiger partial charge in [0, 0.05) is 13.6 Å². The number of fused-ring (bicyclic) bond motifs is 1. The van der Waals surface area contributed by atoms with Crippen molar-refractivity contribution in [3.8, 4) is 0 Å².